The zero-order valence-corrected chi connectivity index (χ0v) is 15.2. The predicted molar refractivity (Wildman–Crippen MR) is 95.1 cm³/mol. The van der Waals surface area contributed by atoms with E-state index in [-0.39, 0.29) is 4.90 Å². The van der Waals surface area contributed by atoms with Gasteiger partial charge in [-0.2, -0.15) is 12.8 Å². The van der Waals surface area contributed by atoms with Crippen LogP contribution in [0.4, 0.5) is 0 Å². The Balaban J connectivity index is 2.36. The van der Waals surface area contributed by atoms with E-state index < -0.39 is 10.0 Å². The van der Waals surface area contributed by atoms with Crippen molar-refractivity contribution in [2.24, 2.45) is 4.40 Å². The Morgan fingerprint density at radius 1 is 1.21 bits per heavy atom. The van der Waals surface area contributed by atoms with Crippen LogP contribution in [0, 0.1) is 6.92 Å². The van der Waals surface area contributed by atoms with Gasteiger partial charge in [-0.05, 0) is 43.7 Å². The Morgan fingerprint density at radius 2 is 1.88 bits per heavy atom. The summed E-state index contributed by atoms with van der Waals surface area (Å²) in [6.07, 6.45) is 1.24. The number of rotatable bonds is 6. The molecule has 0 amide bonds. The molecular formula is C17H18ClNO4S. The van der Waals surface area contributed by atoms with Crippen LogP contribution in [0.25, 0.3) is 0 Å². The zero-order chi connectivity index (χ0) is 17.7. The van der Waals surface area contributed by atoms with E-state index in [1.165, 1.54) is 25.5 Å². The Kier molecular flexibility index (Phi) is 5.85. The van der Waals surface area contributed by atoms with E-state index in [4.69, 9.17) is 21.1 Å². The summed E-state index contributed by atoms with van der Waals surface area (Å²) in [7, 11) is -2.29. The van der Waals surface area contributed by atoms with Gasteiger partial charge in [0.2, 0.25) is 0 Å². The Bertz CT molecular complexity index is 846. The lowest BCUT2D eigenvalue weighted by Gasteiger charge is -2.11. The Hall–Kier alpha value is -2.05. The molecule has 0 radical (unpaired) electrons. The van der Waals surface area contributed by atoms with Crippen molar-refractivity contribution in [3.8, 4) is 11.5 Å². The summed E-state index contributed by atoms with van der Waals surface area (Å²) in [5.41, 5.74) is 1.47. The van der Waals surface area contributed by atoms with Crippen LogP contribution in [0.1, 0.15) is 18.1 Å². The molecule has 0 bridgehead atoms. The van der Waals surface area contributed by atoms with Gasteiger partial charge in [-0.3, -0.25) is 0 Å². The molecule has 0 atom stereocenters. The molecule has 2 aromatic carbocycles. The molecule has 128 valence electrons. The van der Waals surface area contributed by atoms with Crippen molar-refractivity contribution in [2.75, 3.05) is 13.7 Å². The van der Waals surface area contributed by atoms with E-state index in [0.29, 0.717) is 28.7 Å². The van der Waals surface area contributed by atoms with Gasteiger partial charge in [-0.25, -0.2) is 0 Å². The molecule has 0 spiro atoms. The van der Waals surface area contributed by atoms with Gasteiger partial charge in [0.05, 0.1) is 23.6 Å². The minimum absolute atomic E-state index is 0.133. The van der Waals surface area contributed by atoms with E-state index in [9.17, 15) is 8.42 Å². The van der Waals surface area contributed by atoms with Crippen LogP contribution < -0.4 is 9.47 Å². The van der Waals surface area contributed by atoms with Gasteiger partial charge in [0, 0.05) is 6.21 Å². The number of aryl methyl sites for hydroxylation is 1. The fourth-order valence-electron chi connectivity index (χ4n) is 2.02. The summed E-state index contributed by atoms with van der Waals surface area (Å²) in [6, 6.07) is 9.68. The smallest absolute Gasteiger partial charge is 0.282 e. The van der Waals surface area contributed by atoms with Crippen LogP contribution in [0.15, 0.2) is 45.7 Å². The van der Waals surface area contributed by atoms with Crippen LogP contribution >= 0.6 is 11.6 Å². The quantitative estimate of drug-likeness (QED) is 0.727. The maximum atomic E-state index is 12.2. The normalized spacial score (nSPS) is 11.7. The molecule has 0 unspecified atom stereocenters. The summed E-state index contributed by atoms with van der Waals surface area (Å²) in [5.74, 6) is 0.832. The maximum Gasteiger partial charge on any atom is 0.282 e. The van der Waals surface area contributed by atoms with Gasteiger partial charge in [-0.15, -0.1) is 0 Å². The largest absolute Gasteiger partial charge is 0.491 e. The molecule has 0 saturated heterocycles. The second-order valence-electron chi connectivity index (χ2n) is 4.99. The summed E-state index contributed by atoms with van der Waals surface area (Å²) in [4.78, 5) is 0.133. The standard InChI is InChI=1S/C17H18ClNO4S/c1-4-23-16-10-13(9-15(18)17(16)22-3)11-19-24(20,21)14-7-5-12(2)6-8-14/h5-11H,4H2,1-3H3/b19-11-. The van der Waals surface area contributed by atoms with Crippen molar-refractivity contribution in [1.82, 2.24) is 0 Å². The number of nitrogens with zero attached hydrogens (tertiary/aromatic N) is 1. The van der Waals surface area contributed by atoms with Crippen molar-refractivity contribution < 1.29 is 17.9 Å². The first kappa shape index (κ1) is 18.3. The van der Waals surface area contributed by atoms with Crippen molar-refractivity contribution in [3.63, 3.8) is 0 Å². The summed E-state index contributed by atoms with van der Waals surface area (Å²) < 4.78 is 38.9. The van der Waals surface area contributed by atoms with E-state index >= 15 is 0 Å². The minimum atomic E-state index is -3.77. The number of hydrogen-bond acceptors (Lipinski definition) is 4. The summed E-state index contributed by atoms with van der Waals surface area (Å²) >= 11 is 6.14. The first-order chi connectivity index (χ1) is 11.4. The number of methoxy groups -OCH3 is 1. The fraction of sp³-hybridized carbons (Fsp3) is 0.235. The molecule has 2 rings (SSSR count). The van der Waals surface area contributed by atoms with E-state index in [1.807, 2.05) is 13.8 Å². The van der Waals surface area contributed by atoms with Crippen molar-refractivity contribution in [1.29, 1.82) is 0 Å². The van der Waals surface area contributed by atoms with Gasteiger partial charge in [0.1, 0.15) is 0 Å². The second-order valence-corrected chi connectivity index (χ2v) is 7.03. The van der Waals surface area contributed by atoms with Crippen molar-refractivity contribution in [2.45, 2.75) is 18.7 Å². The lowest BCUT2D eigenvalue weighted by Crippen LogP contribution is -2.00. The number of ether oxygens (including phenoxy) is 2. The maximum absolute atomic E-state index is 12.2. The van der Waals surface area contributed by atoms with E-state index in [0.717, 1.165) is 5.56 Å². The SMILES string of the molecule is CCOc1cc(/C=N\S(=O)(=O)c2ccc(C)cc2)cc(Cl)c1OC. The van der Waals surface area contributed by atoms with Crippen molar-refractivity contribution in [3.05, 3.63) is 52.5 Å². The molecule has 0 aliphatic rings. The number of benzene rings is 2. The number of hydrogen-bond donors (Lipinski definition) is 0. The Labute approximate surface area is 146 Å². The predicted octanol–water partition coefficient (Wildman–Crippen LogP) is 3.86. The molecule has 0 N–H and O–H groups in total. The lowest BCUT2D eigenvalue weighted by molar-refractivity contribution is 0.311. The van der Waals surface area contributed by atoms with Gasteiger partial charge < -0.3 is 9.47 Å². The van der Waals surface area contributed by atoms with Crippen LogP contribution in [0.2, 0.25) is 5.02 Å². The van der Waals surface area contributed by atoms with Gasteiger partial charge in [-0.1, -0.05) is 29.3 Å². The van der Waals surface area contributed by atoms with Gasteiger partial charge in [0.25, 0.3) is 10.0 Å². The van der Waals surface area contributed by atoms with Crippen LogP contribution in [0.3, 0.4) is 0 Å². The van der Waals surface area contributed by atoms with Crippen molar-refractivity contribution >= 4 is 27.8 Å². The highest BCUT2D eigenvalue weighted by Gasteiger charge is 2.13. The topological polar surface area (TPSA) is 65.0 Å². The zero-order valence-electron chi connectivity index (χ0n) is 13.6. The second kappa shape index (κ2) is 7.68. The molecule has 0 fully saturated rings. The number of sulfonamides is 1. The Morgan fingerprint density at radius 3 is 2.46 bits per heavy atom. The third kappa shape index (κ3) is 4.27. The van der Waals surface area contributed by atoms with Crippen LogP contribution in [-0.2, 0) is 10.0 Å². The first-order valence-electron chi connectivity index (χ1n) is 7.24. The summed E-state index contributed by atoms with van der Waals surface area (Å²) in [5, 5.41) is 0.317. The highest BCUT2D eigenvalue weighted by Crippen LogP contribution is 2.36. The molecule has 0 heterocycles. The average Bonchev–Trinajstić information content (AvgIpc) is 2.54. The molecule has 0 saturated carbocycles. The lowest BCUT2D eigenvalue weighted by atomic mass is 10.2. The number of halogens is 1. The first-order valence-corrected chi connectivity index (χ1v) is 9.06. The third-order valence-electron chi connectivity index (χ3n) is 3.20. The van der Waals surface area contributed by atoms with Crippen LogP contribution in [-0.4, -0.2) is 28.3 Å². The third-order valence-corrected chi connectivity index (χ3v) is 4.73. The van der Waals surface area contributed by atoms with E-state index in [2.05, 4.69) is 4.40 Å². The molecule has 0 aliphatic carbocycles. The van der Waals surface area contributed by atoms with Gasteiger partial charge >= 0.3 is 0 Å². The van der Waals surface area contributed by atoms with E-state index in [1.54, 1.807) is 24.3 Å². The molecule has 2 aromatic rings. The van der Waals surface area contributed by atoms with Crippen LogP contribution in [0.5, 0.6) is 11.5 Å². The molecule has 24 heavy (non-hydrogen) atoms. The highest BCUT2D eigenvalue weighted by atomic mass is 35.5. The molecule has 7 heteroatoms. The minimum Gasteiger partial charge on any atom is -0.491 e. The molecular weight excluding hydrogens is 350 g/mol. The summed E-state index contributed by atoms with van der Waals surface area (Å²) in [6.45, 7) is 4.14. The average molecular weight is 368 g/mol. The monoisotopic (exact) mass is 367 g/mol. The molecule has 5 nitrogen and oxygen atoms in total. The van der Waals surface area contributed by atoms with Gasteiger partial charge in [0.15, 0.2) is 11.5 Å². The molecule has 0 aromatic heterocycles. The fourth-order valence-corrected chi connectivity index (χ4v) is 3.18. The molecule has 0 aliphatic heterocycles. The highest BCUT2D eigenvalue weighted by molar-refractivity contribution is 7.90.